The summed E-state index contributed by atoms with van der Waals surface area (Å²) >= 11 is 6.58. The van der Waals surface area contributed by atoms with Crippen molar-refractivity contribution in [2.45, 2.75) is 11.2 Å². The Labute approximate surface area is 125 Å². The lowest BCUT2D eigenvalue weighted by Crippen LogP contribution is -2.02. The molecule has 1 unspecified atom stereocenters. The second-order valence-electron chi connectivity index (χ2n) is 4.02. The molecule has 0 saturated heterocycles. The molecule has 2 aromatic carbocycles. The van der Waals surface area contributed by atoms with Gasteiger partial charge in [0.15, 0.2) is 11.6 Å². The summed E-state index contributed by atoms with van der Waals surface area (Å²) in [7, 11) is 0. The summed E-state index contributed by atoms with van der Waals surface area (Å²) in [6, 6.07) is 8.59. The van der Waals surface area contributed by atoms with E-state index in [0.717, 1.165) is 6.07 Å². The Bertz CT molecular complexity index is 579. The van der Waals surface area contributed by atoms with Gasteiger partial charge in [-0.2, -0.15) is 0 Å². The van der Waals surface area contributed by atoms with Crippen molar-refractivity contribution >= 4 is 31.9 Å². The van der Waals surface area contributed by atoms with Gasteiger partial charge in [0.1, 0.15) is 5.82 Å². The molecule has 0 aliphatic rings. The Morgan fingerprint density at radius 3 is 2.26 bits per heavy atom. The van der Waals surface area contributed by atoms with E-state index in [0.29, 0.717) is 10.0 Å². The largest absolute Gasteiger partial charge is 0.207 e. The van der Waals surface area contributed by atoms with Crippen LogP contribution in [-0.4, -0.2) is 0 Å². The fraction of sp³-hybridized carbons (Fsp3) is 0.143. The molecule has 0 saturated carbocycles. The monoisotopic (exact) mass is 392 g/mol. The topological polar surface area (TPSA) is 0 Å². The van der Waals surface area contributed by atoms with Crippen LogP contribution in [0.4, 0.5) is 13.2 Å². The van der Waals surface area contributed by atoms with Crippen molar-refractivity contribution in [3.05, 3.63) is 69.4 Å². The van der Waals surface area contributed by atoms with Gasteiger partial charge in [0.2, 0.25) is 0 Å². The molecule has 0 nitrogen and oxygen atoms in total. The normalized spacial score (nSPS) is 12.5. The lowest BCUT2D eigenvalue weighted by molar-refractivity contribution is 0.497. The maximum absolute atomic E-state index is 13.8. The average Bonchev–Trinajstić information content (AvgIpc) is 2.35. The number of benzene rings is 2. The number of rotatable bonds is 3. The number of hydrogen-bond donors (Lipinski definition) is 0. The Morgan fingerprint density at radius 2 is 1.58 bits per heavy atom. The number of alkyl halides is 1. The third kappa shape index (κ3) is 3.20. The number of hydrogen-bond acceptors (Lipinski definition) is 0. The third-order valence-corrected chi connectivity index (χ3v) is 4.22. The highest BCUT2D eigenvalue weighted by molar-refractivity contribution is 9.11. The van der Waals surface area contributed by atoms with Gasteiger partial charge >= 0.3 is 0 Å². The second-order valence-corrected chi connectivity index (χ2v) is 5.98. The standard InChI is InChI=1S/C14H9Br2F3/c15-9-4-2-5-11(17)13(9)10(16)7-8-3-1-6-12(18)14(8)19/h1-6,10H,7H2. The molecule has 0 bridgehead atoms. The average molecular weight is 394 g/mol. The summed E-state index contributed by atoms with van der Waals surface area (Å²) in [6.07, 6.45) is 0.156. The van der Waals surface area contributed by atoms with Crippen LogP contribution in [-0.2, 0) is 6.42 Å². The fourth-order valence-corrected chi connectivity index (χ4v) is 3.55. The molecule has 0 heterocycles. The minimum absolute atomic E-state index is 0.156. The van der Waals surface area contributed by atoms with Gasteiger partial charge in [-0.15, -0.1) is 0 Å². The van der Waals surface area contributed by atoms with Crippen molar-refractivity contribution in [3.8, 4) is 0 Å². The van der Waals surface area contributed by atoms with E-state index in [1.165, 1.54) is 18.2 Å². The van der Waals surface area contributed by atoms with Gasteiger partial charge in [-0.25, -0.2) is 13.2 Å². The number of halogens is 5. The van der Waals surface area contributed by atoms with Crippen LogP contribution in [0.5, 0.6) is 0 Å². The molecule has 2 aromatic rings. The third-order valence-electron chi connectivity index (χ3n) is 2.74. The maximum Gasteiger partial charge on any atom is 0.162 e. The Balaban J connectivity index is 2.31. The minimum Gasteiger partial charge on any atom is -0.207 e. The molecule has 0 amide bonds. The highest BCUT2D eigenvalue weighted by Gasteiger charge is 2.19. The summed E-state index contributed by atoms with van der Waals surface area (Å²) < 4.78 is 41.0. The van der Waals surface area contributed by atoms with Gasteiger partial charge < -0.3 is 0 Å². The van der Waals surface area contributed by atoms with Crippen molar-refractivity contribution < 1.29 is 13.2 Å². The zero-order valence-electron chi connectivity index (χ0n) is 9.64. The first kappa shape index (κ1) is 14.6. The van der Waals surface area contributed by atoms with Crippen LogP contribution < -0.4 is 0 Å². The highest BCUT2D eigenvalue weighted by atomic mass is 79.9. The molecule has 0 aromatic heterocycles. The van der Waals surface area contributed by atoms with Crippen LogP contribution in [0.1, 0.15) is 16.0 Å². The van der Waals surface area contributed by atoms with E-state index >= 15 is 0 Å². The zero-order chi connectivity index (χ0) is 14.0. The van der Waals surface area contributed by atoms with Crippen molar-refractivity contribution in [1.29, 1.82) is 0 Å². The first-order valence-electron chi connectivity index (χ1n) is 5.51. The first-order chi connectivity index (χ1) is 9.00. The Hall–Kier alpha value is -0.810. The molecule has 0 spiro atoms. The minimum atomic E-state index is -0.898. The molecular formula is C14H9Br2F3. The molecule has 0 N–H and O–H groups in total. The van der Waals surface area contributed by atoms with Crippen molar-refractivity contribution in [1.82, 2.24) is 0 Å². The van der Waals surface area contributed by atoms with E-state index in [4.69, 9.17) is 0 Å². The lowest BCUT2D eigenvalue weighted by Gasteiger charge is -2.14. The molecule has 19 heavy (non-hydrogen) atoms. The molecule has 2 rings (SSSR count). The van der Waals surface area contributed by atoms with Crippen LogP contribution in [0.3, 0.4) is 0 Å². The summed E-state index contributed by atoms with van der Waals surface area (Å²) in [5.41, 5.74) is 0.600. The Morgan fingerprint density at radius 1 is 0.947 bits per heavy atom. The van der Waals surface area contributed by atoms with E-state index in [1.807, 2.05) is 0 Å². The predicted octanol–water partition coefficient (Wildman–Crippen LogP) is 5.55. The van der Waals surface area contributed by atoms with Gasteiger partial charge in [0, 0.05) is 14.9 Å². The van der Waals surface area contributed by atoms with E-state index in [9.17, 15) is 13.2 Å². The van der Waals surface area contributed by atoms with Crippen molar-refractivity contribution in [3.63, 3.8) is 0 Å². The van der Waals surface area contributed by atoms with Crippen LogP contribution in [0.15, 0.2) is 40.9 Å². The second kappa shape index (κ2) is 6.09. The van der Waals surface area contributed by atoms with Crippen LogP contribution in [0, 0.1) is 17.5 Å². The summed E-state index contributed by atoms with van der Waals surface area (Å²) in [4.78, 5) is -0.445. The van der Waals surface area contributed by atoms with Crippen LogP contribution in [0.2, 0.25) is 0 Å². The van der Waals surface area contributed by atoms with Gasteiger partial charge in [-0.3, -0.25) is 0 Å². The molecular weight excluding hydrogens is 385 g/mol. The summed E-state index contributed by atoms with van der Waals surface area (Å²) in [5.74, 6) is -2.18. The van der Waals surface area contributed by atoms with Crippen LogP contribution in [0.25, 0.3) is 0 Å². The molecule has 100 valence electrons. The Kier molecular flexibility index (Phi) is 4.68. The molecule has 0 radical (unpaired) electrons. The summed E-state index contributed by atoms with van der Waals surface area (Å²) in [5, 5.41) is 0. The van der Waals surface area contributed by atoms with Gasteiger partial charge in [0.25, 0.3) is 0 Å². The highest BCUT2D eigenvalue weighted by Crippen LogP contribution is 2.35. The first-order valence-corrected chi connectivity index (χ1v) is 7.22. The molecule has 5 heteroatoms. The van der Waals surface area contributed by atoms with E-state index < -0.39 is 22.3 Å². The van der Waals surface area contributed by atoms with Gasteiger partial charge in [-0.05, 0) is 30.2 Å². The van der Waals surface area contributed by atoms with Crippen LogP contribution >= 0.6 is 31.9 Å². The van der Waals surface area contributed by atoms with E-state index in [-0.39, 0.29) is 12.0 Å². The molecule has 1 atom stereocenters. The molecule has 0 fully saturated rings. The zero-order valence-corrected chi connectivity index (χ0v) is 12.8. The maximum atomic E-state index is 13.8. The lowest BCUT2D eigenvalue weighted by atomic mass is 10.0. The summed E-state index contributed by atoms with van der Waals surface area (Å²) in [6.45, 7) is 0. The van der Waals surface area contributed by atoms with Gasteiger partial charge in [0.05, 0.1) is 0 Å². The van der Waals surface area contributed by atoms with E-state index in [1.54, 1.807) is 12.1 Å². The van der Waals surface area contributed by atoms with Crippen molar-refractivity contribution in [2.24, 2.45) is 0 Å². The molecule has 0 aliphatic heterocycles. The molecule has 0 aliphatic carbocycles. The fourth-order valence-electron chi connectivity index (χ4n) is 1.81. The smallest absolute Gasteiger partial charge is 0.162 e. The predicted molar refractivity (Wildman–Crippen MR) is 75.8 cm³/mol. The van der Waals surface area contributed by atoms with E-state index in [2.05, 4.69) is 31.9 Å². The SMILES string of the molecule is Fc1cccc(CC(Br)c2c(F)cccc2Br)c1F. The quantitative estimate of drug-likeness (QED) is 0.600. The van der Waals surface area contributed by atoms with Gasteiger partial charge in [-0.1, -0.05) is 50.1 Å². The van der Waals surface area contributed by atoms with Crippen molar-refractivity contribution in [2.75, 3.05) is 0 Å².